The number of ether oxygens (including phenoxy) is 1. The van der Waals surface area contributed by atoms with Crippen molar-refractivity contribution in [3.05, 3.63) is 39.3 Å². The van der Waals surface area contributed by atoms with Crippen LogP contribution in [0.1, 0.15) is 17.3 Å². The highest BCUT2D eigenvalue weighted by Crippen LogP contribution is 2.33. The highest BCUT2D eigenvalue weighted by Gasteiger charge is 2.25. The number of carbonyl (C=O) groups is 2. The van der Waals surface area contributed by atoms with Crippen molar-refractivity contribution in [3.63, 3.8) is 0 Å². The van der Waals surface area contributed by atoms with Crippen molar-refractivity contribution < 1.29 is 19.2 Å². The molecule has 0 aliphatic heterocycles. The Bertz CT molecular complexity index is 676. The van der Waals surface area contributed by atoms with Gasteiger partial charge in [0.05, 0.1) is 22.5 Å². The van der Waals surface area contributed by atoms with Gasteiger partial charge in [0.25, 0.3) is 11.5 Å². The first-order valence-corrected chi connectivity index (χ1v) is 6.30. The van der Waals surface area contributed by atoms with Crippen molar-refractivity contribution in [2.75, 3.05) is 6.61 Å². The van der Waals surface area contributed by atoms with E-state index in [4.69, 9.17) is 0 Å². The normalized spacial score (nSPS) is 10.4. The number of nitrogens with zero attached hydrogens (tertiary/aromatic N) is 1. The number of hydrogen-bond acceptors (Lipinski definition) is 6. The maximum absolute atomic E-state index is 11.9. The van der Waals surface area contributed by atoms with Gasteiger partial charge in [-0.15, -0.1) is 11.3 Å². The first-order valence-electron chi connectivity index (χ1n) is 5.42. The molecule has 1 aromatic carbocycles. The van der Waals surface area contributed by atoms with Gasteiger partial charge in [0.1, 0.15) is 0 Å². The number of fused-ring (bicyclic) bond motifs is 1. The molecule has 0 N–H and O–H groups in total. The van der Waals surface area contributed by atoms with Crippen molar-refractivity contribution in [2.45, 2.75) is 6.92 Å². The number of nitro benzene ring substituents is 1. The number of Topliss-reactive ketones (excluding diaryl/α,β-unsaturated/α-hetero) is 1. The van der Waals surface area contributed by atoms with E-state index in [1.54, 1.807) is 13.0 Å². The number of ketones is 1. The van der Waals surface area contributed by atoms with Gasteiger partial charge in [-0.05, 0) is 13.0 Å². The minimum atomic E-state index is -1.000. The van der Waals surface area contributed by atoms with Gasteiger partial charge in [0.15, 0.2) is 0 Å². The van der Waals surface area contributed by atoms with Gasteiger partial charge in [-0.1, -0.05) is 6.07 Å². The Morgan fingerprint density at radius 3 is 2.79 bits per heavy atom. The molecule has 2 aromatic rings. The average molecular weight is 279 g/mol. The van der Waals surface area contributed by atoms with Crippen molar-refractivity contribution in [1.29, 1.82) is 0 Å². The van der Waals surface area contributed by atoms with Crippen LogP contribution in [0, 0.1) is 10.1 Å². The van der Waals surface area contributed by atoms with Gasteiger partial charge in [-0.25, -0.2) is 4.79 Å². The van der Waals surface area contributed by atoms with E-state index in [2.05, 4.69) is 4.74 Å². The molecule has 19 heavy (non-hydrogen) atoms. The minimum absolute atomic E-state index is 0.0192. The minimum Gasteiger partial charge on any atom is -0.460 e. The zero-order chi connectivity index (χ0) is 14.0. The molecule has 0 saturated heterocycles. The second-order valence-corrected chi connectivity index (χ2v) is 4.52. The Kier molecular flexibility index (Phi) is 3.57. The fourth-order valence-corrected chi connectivity index (χ4v) is 2.65. The Morgan fingerprint density at radius 2 is 2.16 bits per heavy atom. The molecule has 98 valence electrons. The Labute approximate surface area is 111 Å². The zero-order valence-corrected chi connectivity index (χ0v) is 10.7. The Hall–Kier alpha value is -2.28. The van der Waals surface area contributed by atoms with Crippen LogP contribution in [0.2, 0.25) is 0 Å². The molecule has 0 bridgehead atoms. The third-order valence-electron chi connectivity index (χ3n) is 2.48. The Balaban J connectivity index is 2.59. The summed E-state index contributed by atoms with van der Waals surface area (Å²) in [6, 6.07) is 4.50. The number of benzene rings is 1. The van der Waals surface area contributed by atoms with E-state index in [1.807, 2.05) is 0 Å². The van der Waals surface area contributed by atoms with Crippen LogP contribution >= 0.6 is 11.3 Å². The van der Waals surface area contributed by atoms with E-state index in [0.29, 0.717) is 4.70 Å². The third kappa shape index (κ3) is 2.32. The summed E-state index contributed by atoms with van der Waals surface area (Å²) in [5.74, 6) is -1.86. The number of thiophene rings is 1. The predicted octanol–water partition coefficient (Wildman–Crippen LogP) is 2.56. The summed E-state index contributed by atoms with van der Waals surface area (Å²) in [4.78, 5) is 33.7. The molecule has 0 saturated carbocycles. The van der Waals surface area contributed by atoms with E-state index in [1.165, 1.54) is 28.8 Å². The van der Waals surface area contributed by atoms with E-state index < -0.39 is 16.7 Å². The maximum atomic E-state index is 11.9. The SMILES string of the molecule is CCOC(=O)C(=O)c1csc2cccc([N+](=O)[O-])c12. The van der Waals surface area contributed by atoms with Gasteiger partial charge >= 0.3 is 5.97 Å². The quantitative estimate of drug-likeness (QED) is 0.282. The van der Waals surface area contributed by atoms with Crippen molar-refractivity contribution in [3.8, 4) is 0 Å². The molecule has 7 heteroatoms. The van der Waals surface area contributed by atoms with E-state index in [9.17, 15) is 19.7 Å². The van der Waals surface area contributed by atoms with Crippen LogP contribution in [0.3, 0.4) is 0 Å². The fourth-order valence-electron chi connectivity index (χ4n) is 1.70. The molecular weight excluding hydrogens is 270 g/mol. The maximum Gasteiger partial charge on any atom is 0.379 e. The first kappa shape index (κ1) is 13.2. The van der Waals surface area contributed by atoms with Crippen LogP contribution in [0.15, 0.2) is 23.6 Å². The highest BCUT2D eigenvalue weighted by atomic mass is 32.1. The van der Waals surface area contributed by atoms with Gasteiger partial charge in [0.2, 0.25) is 0 Å². The summed E-state index contributed by atoms with van der Waals surface area (Å²) in [6.07, 6.45) is 0. The molecule has 0 aliphatic carbocycles. The molecule has 0 atom stereocenters. The highest BCUT2D eigenvalue weighted by molar-refractivity contribution is 7.17. The fraction of sp³-hybridized carbons (Fsp3) is 0.167. The number of non-ortho nitro benzene ring substituents is 1. The summed E-state index contributed by atoms with van der Waals surface area (Å²) in [7, 11) is 0. The molecule has 0 spiro atoms. The lowest BCUT2D eigenvalue weighted by Crippen LogP contribution is -2.17. The Morgan fingerprint density at radius 1 is 1.42 bits per heavy atom. The molecule has 0 aliphatic rings. The first-order chi connectivity index (χ1) is 9.06. The molecule has 2 rings (SSSR count). The lowest BCUT2D eigenvalue weighted by Gasteiger charge is -2.00. The number of carbonyl (C=O) groups excluding carboxylic acids is 2. The second-order valence-electron chi connectivity index (χ2n) is 3.61. The molecule has 0 unspecified atom stereocenters. The van der Waals surface area contributed by atoms with Gasteiger partial charge < -0.3 is 4.74 Å². The summed E-state index contributed by atoms with van der Waals surface area (Å²) in [5, 5.41) is 12.6. The summed E-state index contributed by atoms with van der Waals surface area (Å²) >= 11 is 1.18. The summed E-state index contributed by atoms with van der Waals surface area (Å²) in [5.41, 5.74) is -0.169. The number of nitro groups is 1. The van der Waals surface area contributed by atoms with Crippen molar-refractivity contribution >= 4 is 38.9 Å². The van der Waals surface area contributed by atoms with Crippen LogP contribution in [0.5, 0.6) is 0 Å². The van der Waals surface area contributed by atoms with Crippen molar-refractivity contribution in [1.82, 2.24) is 0 Å². The summed E-state index contributed by atoms with van der Waals surface area (Å²) in [6.45, 7) is 1.66. The number of hydrogen-bond donors (Lipinski definition) is 0. The zero-order valence-electron chi connectivity index (χ0n) is 9.91. The lowest BCUT2D eigenvalue weighted by molar-refractivity contribution is -0.383. The lowest BCUT2D eigenvalue weighted by atomic mass is 10.1. The average Bonchev–Trinajstić information content (AvgIpc) is 2.81. The van der Waals surface area contributed by atoms with Crippen LogP contribution < -0.4 is 0 Å². The van der Waals surface area contributed by atoms with Gasteiger partial charge in [-0.3, -0.25) is 14.9 Å². The van der Waals surface area contributed by atoms with E-state index in [0.717, 1.165) is 0 Å². The van der Waals surface area contributed by atoms with Crippen molar-refractivity contribution in [2.24, 2.45) is 0 Å². The monoisotopic (exact) mass is 279 g/mol. The van der Waals surface area contributed by atoms with Crippen LogP contribution in [0.4, 0.5) is 5.69 Å². The molecule has 0 fully saturated rings. The van der Waals surface area contributed by atoms with E-state index >= 15 is 0 Å². The van der Waals surface area contributed by atoms with E-state index in [-0.39, 0.29) is 23.2 Å². The smallest absolute Gasteiger partial charge is 0.379 e. The number of rotatable bonds is 4. The largest absolute Gasteiger partial charge is 0.460 e. The van der Waals surface area contributed by atoms with Crippen LogP contribution in [0.25, 0.3) is 10.1 Å². The van der Waals surface area contributed by atoms with Gasteiger partial charge in [-0.2, -0.15) is 0 Å². The molecule has 0 amide bonds. The standard InChI is InChI=1S/C12H9NO5S/c1-2-18-12(15)11(14)7-6-19-9-5-3-4-8(10(7)9)13(16)17/h3-6H,2H2,1H3. The molecule has 1 aromatic heterocycles. The molecular formula is C12H9NO5S. The topological polar surface area (TPSA) is 86.5 Å². The van der Waals surface area contributed by atoms with Gasteiger partial charge in [0, 0.05) is 16.1 Å². The molecule has 6 nitrogen and oxygen atoms in total. The second kappa shape index (κ2) is 5.15. The predicted molar refractivity (Wildman–Crippen MR) is 69.4 cm³/mol. The number of esters is 1. The van der Waals surface area contributed by atoms with Crippen LogP contribution in [-0.2, 0) is 9.53 Å². The third-order valence-corrected chi connectivity index (χ3v) is 3.43. The summed E-state index contributed by atoms with van der Waals surface area (Å²) < 4.78 is 5.21. The molecule has 1 heterocycles. The molecule has 0 radical (unpaired) electrons. The van der Waals surface area contributed by atoms with Crippen LogP contribution in [-0.4, -0.2) is 23.3 Å².